The number of benzene rings is 1. The SMILES string of the molecule is Cc1ccc(C[C@H]2COCC[C@@H]2NC(C)C)cc1. The molecule has 0 aliphatic carbocycles. The maximum atomic E-state index is 5.65. The van der Waals surface area contributed by atoms with Crippen molar-refractivity contribution in [1.82, 2.24) is 5.32 Å². The van der Waals surface area contributed by atoms with Crippen molar-refractivity contribution in [1.29, 1.82) is 0 Å². The number of hydrogen-bond donors (Lipinski definition) is 1. The summed E-state index contributed by atoms with van der Waals surface area (Å²) in [5.41, 5.74) is 2.75. The van der Waals surface area contributed by atoms with Crippen LogP contribution in [0.3, 0.4) is 0 Å². The molecule has 0 aromatic heterocycles. The monoisotopic (exact) mass is 247 g/mol. The predicted molar refractivity (Wildman–Crippen MR) is 75.9 cm³/mol. The van der Waals surface area contributed by atoms with Crippen LogP contribution in [0, 0.1) is 12.8 Å². The van der Waals surface area contributed by atoms with E-state index in [2.05, 4.69) is 50.4 Å². The van der Waals surface area contributed by atoms with Crippen LogP contribution < -0.4 is 5.32 Å². The van der Waals surface area contributed by atoms with Crippen molar-refractivity contribution in [3.05, 3.63) is 35.4 Å². The Bertz CT molecular complexity index is 358. The van der Waals surface area contributed by atoms with Gasteiger partial charge in [0.1, 0.15) is 0 Å². The van der Waals surface area contributed by atoms with Gasteiger partial charge in [0.25, 0.3) is 0 Å². The Morgan fingerprint density at radius 2 is 2.00 bits per heavy atom. The molecule has 0 bridgehead atoms. The first-order chi connectivity index (χ1) is 8.65. The minimum absolute atomic E-state index is 0.550. The van der Waals surface area contributed by atoms with Gasteiger partial charge in [-0.25, -0.2) is 0 Å². The zero-order chi connectivity index (χ0) is 13.0. The van der Waals surface area contributed by atoms with Crippen LogP contribution in [0.4, 0.5) is 0 Å². The molecule has 1 aromatic rings. The van der Waals surface area contributed by atoms with E-state index >= 15 is 0 Å². The van der Waals surface area contributed by atoms with Crippen LogP contribution >= 0.6 is 0 Å². The third kappa shape index (κ3) is 3.82. The average Bonchev–Trinajstić information content (AvgIpc) is 2.34. The first-order valence-electron chi connectivity index (χ1n) is 7.04. The molecule has 2 atom stereocenters. The van der Waals surface area contributed by atoms with Gasteiger partial charge in [-0.1, -0.05) is 43.7 Å². The lowest BCUT2D eigenvalue weighted by Crippen LogP contribution is -2.46. The van der Waals surface area contributed by atoms with Gasteiger partial charge in [-0.05, 0) is 25.3 Å². The number of hydrogen-bond acceptors (Lipinski definition) is 2. The fourth-order valence-corrected chi connectivity index (χ4v) is 2.67. The number of rotatable bonds is 4. The summed E-state index contributed by atoms with van der Waals surface area (Å²) in [6, 6.07) is 10.0. The van der Waals surface area contributed by atoms with E-state index in [1.807, 2.05) is 0 Å². The topological polar surface area (TPSA) is 21.3 Å². The molecule has 2 rings (SSSR count). The van der Waals surface area contributed by atoms with E-state index in [0.29, 0.717) is 18.0 Å². The van der Waals surface area contributed by atoms with Crippen LogP contribution in [-0.4, -0.2) is 25.3 Å². The number of aryl methyl sites for hydroxylation is 1. The molecule has 1 aliphatic heterocycles. The highest BCUT2D eigenvalue weighted by atomic mass is 16.5. The third-order valence-corrected chi connectivity index (χ3v) is 3.64. The second-order valence-corrected chi connectivity index (χ2v) is 5.74. The largest absolute Gasteiger partial charge is 0.381 e. The third-order valence-electron chi connectivity index (χ3n) is 3.64. The van der Waals surface area contributed by atoms with Crippen molar-refractivity contribution in [2.45, 2.75) is 45.7 Å². The van der Waals surface area contributed by atoms with Crippen LogP contribution in [0.2, 0.25) is 0 Å². The van der Waals surface area contributed by atoms with Gasteiger partial charge in [0.15, 0.2) is 0 Å². The summed E-state index contributed by atoms with van der Waals surface area (Å²) in [7, 11) is 0. The fourth-order valence-electron chi connectivity index (χ4n) is 2.67. The van der Waals surface area contributed by atoms with Crippen molar-refractivity contribution in [2.75, 3.05) is 13.2 Å². The molecular formula is C16H25NO. The van der Waals surface area contributed by atoms with E-state index in [1.165, 1.54) is 11.1 Å². The standard InChI is InChI=1S/C16H25NO/c1-12(2)17-16-8-9-18-11-15(16)10-14-6-4-13(3)5-7-14/h4-7,12,15-17H,8-11H2,1-3H3/t15-,16-/m0/s1. The zero-order valence-electron chi connectivity index (χ0n) is 11.8. The van der Waals surface area contributed by atoms with Crippen LogP contribution in [0.15, 0.2) is 24.3 Å². The average molecular weight is 247 g/mol. The molecule has 1 aliphatic rings. The smallest absolute Gasteiger partial charge is 0.0512 e. The molecule has 1 saturated heterocycles. The van der Waals surface area contributed by atoms with Gasteiger partial charge in [0.05, 0.1) is 6.61 Å². The van der Waals surface area contributed by atoms with Crippen molar-refractivity contribution in [2.24, 2.45) is 5.92 Å². The van der Waals surface area contributed by atoms with E-state index in [9.17, 15) is 0 Å². The summed E-state index contributed by atoms with van der Waals surface area (Å²) in [5, 5.41) is 3.68. The molecule has 0 amide bonds. The van der Waals surface area contributed by atoms with Crippen molar-refractivity contribution < 1.29 is 4.74 Å². The Morgan fingerprint density at radius 1 is 1.28 bits per heavy atom. The van der Waals surface area contributed by atoms with Crippen LogP contribution in [0.25, 0.3) is 0 Å². The lowest BCUT2D eigenvalue weighted by Gasteiger charge is -2.33. The van der Waals surface area contributed by atoms with Crippen LogP contribution in [-0.2, 0) is 11.2 Å². The van der Waals surface area contributed by atoms with E-state index in [4.69, 9.17) is 4.74 Å². The molecule has 100 valence electrons. The Labute approximate surface area is 111 Å². The van der Waals surface area contributed by atoms with Crippen molar-refractivity contribution >= 4 is 0 Å². The molecular weight excluding hydrogens is 222 g/mol. The predicted octanol–water partition coefficient (Wildman–Crippen LogP) is 2.94. The molecule has 2 nitrogen and oxygen atoms in total. The minimum atomic E-state index is 0.550. The summed E-state index contributed by atoms with van der Waals surface area (Å²) >= 11 is 0. The summed E-state index contributed by atoms with van der Waals surface area (Å²) in [5.74, 6) is 0.601. The van der Waals surface area contributed by atoms with Gasteiger partial charge in [0, 0.05) is 24.6 Å². The Hall–Kier alpha value is -0.860. The summed E-state index contributed by atoms with van der Waals surface area (Å²) in [4.78, 5) is 0. The Kier molecular flexibility index (Phi) is 4.79. The molecule has 0 unspecified atom stereocenters. The van der Waals surface area contributed by atoms with E-state index in [-0.39, 0.29) is 0 Å². The molecule has 1 aromatic carbocycles. The van der Waals surface area contributed by atoms with Crippen LogP contribution in [0.1, 0.15) is 31.4 Å². The van der Waals surface area contributed by atoms with E-state index in [0.717, 1.165) is 26.1 Å². The molecule has 1 heterocycles. The molecule has 0 saturated carbocycles. The van der Waals surface area contributed by atoms with E-state index in [1.54, 1.807) is 0 Å². The second-order valence-electron chi connectivity index (χ2n) is 5.74. The van der Waals surface area contributed by atoms with Crippen molar-refractivity contribution in [3.63, 3.8) is 0 Å². The van der Waals surface area contributed by atoms with Gasteiger partial charge in [-0.2, -0.15) is 0 Å². The molecule has 1 fully saturated rings. The van der Waals surface area contributed by atoms with Gasteiger partial charge in [0.2, 0.25) is 0 Å². The molecule has 18 heavy (non-hydrogen) atoms. The maximum Gasteiger partial charge on any atom is 0.0512 e. The summed E-state index contributed by atoms with van der Waals surface area (Å²) in [6.45, 7) is 8.36. The molecule has 0 radical (unpaired) electrons. The highest BCUT2D eigenvalue weighted by Gasteiger charge is 2.26. The first kappa shape index (κ1) is 13.6. The second kappa shape index (κ2) is 6.35. The Balaban J connectivity index is 1.98. The number of ether oxygens (including phenoxy) is 1. The lowest BCUT2D eigenvalue weighted by molar-refractivity contribution is 0.0300. The fraction of sp³-hybridized carbons (Fsp3) is 0.625. The highest BCUT2D eigenvalue weighted by Crippen LogP contribution is 2.20. The van der Waals surface area contributed by atoms with Gasteiger partial charge < -0.3 is 10.1 Å². The first-order valence-corrected chi connectivity index (χ1v) is 7.04. The quantitative estimate of drug-likeness (QED) is 0.883. The maximum absolute atomic E-state index is 5.65. The zero-order valence-corrected chi connectivity index (χ0v) is 11.8. The van der Waals surface area contributed by atoms with E-state index < -0.39 is 0 Å². The normalized spacial score (nSPS) is 24.4. The molecule has 1 N–H and O–H groups in total. The van der Waals surface area contributed by atoms with Gasteiger partial charge in [-0.3, -0.25) is 0 Å². The molecule has 2 heteroatoms. The van der Waals surface area contributed by atoms with Gasteiger partial charge >= 0.3 is 0 Å². The van der Waals surface area contributed by atoms with Gasteiger partial charge in [-0.15, -0.1) is 0 Å². The number of nitrogens with one attached hydrogen (secondary N) is 1. The Morgan fingerprint density at radius 3 is 2.67 bits per heavy atom. The van der Waals surface area contributed by atoms with Crippen LogP contribution in [0.5, 0.6) is 0 Å². The summed E-state index contributed by atoms with van der Waals surface area (Å²) in [6.07, 6.45) is 2.25. The minimum Gasteiger partial charge on any atom is -0.381 e. The molecule has 0 spiro atoms. The summed E-state index contributed by atoms with van der Waals surface area (Å²) < 4.78 is 5.65. The lowest BCUT2D eigenvalue weighted by atomic mass is 9.89. The van der Waals surface area contributed by atoms with Crippen molar-refractivity contribution in [3.8, 4) is 0 Å². The highest BCUT2D eigenvalue weighted by molar-refractivity contribution is 5.22.